The summed E-state index contributed by atoms with van der Waals surface area (Å²) in [6.07, 6.45) is 0.652. The molecule has 88 valence electrons. The molecule has 0 aliphatic rings. The van der Waals surface area contributed by atoms with Crippen molar-refractivity contribution in [2.24, 2.45) is 5.73 Å². The van der Waals surface area contributed by atoms with Crippen LogP contribution in [0.25, 0.3) is 0 Å². The van der Waals surface area contributed by atoms with Crippen LogP contribution in [-0.4, -0.2) is 10.2 Å². The van der Waals surface area contributed by atoms with Crippen LogP contribution in [0.2, 0.25) is 0 Å². The molecule has 4 N–H and O–H groups in total. The predicted molar refractivity (Wildman–Crippen MR) is 66.8 cm³/mol. The minimum absolute atomic E-state index is 0.0356. The summed E-state index contributed by atoms with van der Waals surface area (Å²) in [5.74, 6) is 0.0755. The Morgan fingerprint density at radius 3 is 2.35 bits per heavy atom. The average molecular weight is 229 g/mol. The monoisotopic (exact) mass is 229 g/mol. The van der Waals surface area contributed by atoms with Crippen molar-refractivity contribution in [3.8, 4) is 11.5 Å². The van der Waals surface area contributed by atoms with Gasteiger partial charge in [0.2, 0.25) is 0 Å². The van der Waals surface area contributed by atoms with E-state index in [-0.39, 0.29) is 17.5 Å². The molecule has 1 atom stereocenters. The minimum Gasteiger partial charge on any atom is -0.508 e. The summed E-state index contributed by atoms with van der Waals surface area (Å²) in [6, 6.07) is 14.1. The van der Waals surface area contributed by atoms with Crippen LogP contribution in [0.4, 0.5) is 0 Å². The van der Waals surface area contributed by atoms with E-state index in [1.807, 2.05) is 30.3 Å². The van der Waals surface area contributed by atoms with E-state index in [1.165, 1.54) is 12.1 Å². The highest BCUT2D eigenvalue weighted by atomic mass is 16.3. The fourth-order valence-corrected chi connectivity index (χ4v) is 1.82. The maximum atomic E-state index is 9.70. The Balaban J connectivity index is 2.17. The number of aromatic hydroxyl groups is 2. The van der Waals surface area contributed by atoms with E-state index < -0.39 is 0 Å². The first kappa shape index (κ1) is 11.5. The van der Waals surface area contributed by atoms with E-state index >= 15 is 0 Å². The molecule has 2 aromatic carbocycles. The summed E-state index contributed by atoms with van der Waals surface area (Å²) < 4.78 is 0. The number of phenolic OH excluding ortho intramolecular Hbond substituents is 2. The van der Waals surface area contributed by atoms with Crippen LogP contribution in [0.5, 0.6) is 11.5 Å². The Labute approximate surface area is 100 Å². The van der Waals surface area contributed by atoms with Gasteiger partial charge in [-0.15, -0.1) is 0 Å². The average Bonchev–Trinajstić information content (AvgIpc) is 2.30. The van der Waals surface area contributed by atoms with E-state index in [1.54, 1.807) is 6.07 Å². The summed E-state index contributed by atoms with van der Waals surface area (Å²) in [4.78, 5) is 0. The topological polar surface area (TPSA) is 66.5 Å². The van der Waals surface area contributed by atoms with Crippen molar-refractivity contribution in [3.63, 3.8) is 0 Å². The van der Waals surface area contributed by atoms with Gasteiger partial charge in [0, 0.05) is 17.7 Å². The number of phenols is 2. The molecule has 17 heavy (non-hydrogen) atoms. The summed E-state index contributed by atoms with van der Waals surface area (Å²) in [7, 11) is 0. The predicted octanol–water partition coefficient (Wildman–Crippen LogP) is 2.34. The SMILES string of the molecule is NC(Cc1ccccc1)c1ccc(O)cc1O. The third kappa shape index (κ3) is 2.77. The molecule has 0 radical (unpaired) electrons. The van der Waals surface area contributed by atoms with Crippen molar-refractivity contribution in [2.45, 2.75) is 12.5 Å². The van der Waals surface area contributed by atoms with E-state index in [9.17, 15) is 10.2 Å². The maximum Gasteiger partial charge on any atom is 0.124 e. The Bertz CT molecular complexity index is 497. The van der Waals surface area contributed by atoms with Gasteiger partial charge in [0.1, 0.15) is 11.5 Å². The van der Waals surface area contributed by atoms with Crippen LogP contribution >= 0.6 is 0 Å². The lowest BCUT2D eigenvalue weighted by atomic mass is 9.99. The molecule has 0 saturated heterocycles. The zero-order valence-corrected chi connectivity index (χ0v) is 9.38. The fourth-order valence-electron chi connectivity index (χ4n) is 1.82. The third-order valence-corrected chi connectivity index (χ3v) is 2.71. The second-order valence-electron chi connectivity index (χ2n) is 4.04. The van der Waals surface area contributed by atoms with Crippen LogP contribution in [-0.2, 0) is 6.42 Å². The second kappa shape index (κ2) is 4.89. The highest BCUT2D eigenvalue weighted by molar-refractivity contribution is 5.41. The Hall–Kier alpha value is -2.00. The molecular weight excluding hydrogens is 214 g/mol. The van der Waals surface area contributed by atoms with Crippen molar-refractivity contribution in [2.75, 3.05) is 0 Å². The molecule has 0 amide bonds. The summed E-state index contributed by atoms with van der Waals surface area (Å²) in [5.41, 5.74) is 7.80. The first-order chi connectivity index (χ1) is 8.16. The minimum atomic E-state index is -0.280. The highest BCUT2D eigenvalue weighted by Gasteiger charge is 2.11. The lowest BCUT2D eigenvalue weighted by molar-refractivity contribution is 0.441. The van der Waals surface area contributed by atoms with Gasteiger partial charge >= 0.3 is 0 Å². The van der Waals surface area contributed by atoms with Crippen LogP contribution in [0.3, 0.4) is 0 Å². The van der Waals surface area contributed by atoms with E-state index in [0.29, 0.717) is 12.0 Å². The first-order valence-electron chi connectivity index (χ1n) is 5.48. The van der Waals surface area contributed by atoms with Crippen molar-refractivity contribution in [1.29, 1.82) is 0 Å². The normalized spacial score (nSPS) is 12.3. The summed E-state index contributed by atoms with van der Waals surface area (Å²) in [5, 5.41) is 18.9. The van der Waals surface area contributed by atoms with Gasteiger partial charge in [0.15, 0.2) is 0 Å². The lowest BCUT2D eigenvalue weighted by Gasteiger charge is -2.13. The van der Waals surface area contributed by atoms with Gasteiger partial charge in [0.25, 0.3) is 0 Å². The van der Waals surface area contributed by atoms with Crippen molar-refractivity contribution in [3.05, 3.63) is 59.7 Å². The van der Waals surface area contributed by atoms with Crippen molar-refractivity contribution < 1.29 is 10.2 Å². The second-order valence-corrected chi connectivity index (χ2v) is 4.04. The van der Waals surface area contributed by atoms with Gasteiger partial charge in [-0.3, -0.25) is 0 Å². The van der Waals surface area contributed by atoms with Crippen LogP contribution in [0, 0.1) is 0 Å². The number of benzene rings is 2. The highest BCUT2D eigenvalue weighted by Crippen LogP contribution is 2.28. The van der Waals surface area contributed by atoms with E-state index in [2.05, 4.69) is 0 Å². The van der Waals surface area contributed by atoms with Gasteiger partial charge in [-0.1, -0.05) is 36.4 Å². The van der Waals surface area contributed by atoms with Crippen LogP contribution < -0.4 is 5.73 Å². The van der Waals surface area contributed by atoms with Gasteiger partial charge < -0.3 is 15.9 Å². The molecule has 2 aromatic rings. The molecule has 0 spiro atoms. The molecule has 3 heteroatoms. The van der Waals surface area contributed by atoms with E-state index in [4.69, 9.17) is 5.73 Å². The molecule has 0 aliphatic heterocycles. The zero-order valence-electron chi connectivity index (χ0n) is 9.38. The number of hydrogen-bond acceptors (Lipinski definition) is 3. The summed E-state index contributed by atoms with van der Waals surface area (Å²) >= 11 is 0. The Morgan fingerprint density at radius 2 is 1.71 bits per heavy atom. The van der Waals surface area contributed by atoms with Gasteiger partial charge in [0.05, 0.1) is 0 Å². The standard InChI is InChI=1S/C14H15NO2/c15-13(8-10-4-2-1-3-5-10)12-7-6-11(16)9-14(12)17/h1-7,9,13,16-17H,8,15H2. The van der Waals surface area contributed by atoms with Gasteiger partial charge in [-0.25, -0.2) is 0 Å². The fraction of sp³-hybridized carbons (Fsp3) is 0.143. The molecule has 0 bridgehead atoms. The Morgan fingerprint density at radius 1 is 1.00 bits per heavy atom. The van der Waals surface area contributed by atoms with Crippen LogP contribution in [0.1, 0.15) is 17.2 Å². The molecule has 1 unspecified atom stereocenters. The zero-order chi connectivity index (χ0) is 12.3. The molecule has 2 rings (SSSR count). The quantitative estimate of drug-likeness (QED) is 0.756. The van der Waals surface area contributed by atoms with Crippen molar-refractivity contribution in [1.82, 2.24) is 0 Å². The number of rotatable bonds is 3. The van der Waals surface area contributed by atoms with E-state index in [0.717, 1.165) is 5.56 Å². The smallest absolute Gasteiger partial charge is 0.124 e. The molecule has 0 saturated carbocycles. The van der Waals surface area contributed by atoms with Crippen molar-refractivity contribution >= 4 is 0 Å². The number of nitrogens with two attached hydrogens (primary N) is 1. The van der Waals surface area contributed by atoms with Gasteiger partial charge in [-0.05, 0) is 18.1 Å². The molecule has 3 nitrogen and oxygen atoms in total. The third-order valence-electron chi connectivity index (χ3n) is 2.71. The molecule has 0 aromatic heterocycles. The summed E-state index contributed by atoms with van der Waals surface area (Å²) in [6.45, 7) is 0. The Kier molecular flexibility index (Phi) is 3.30. The lowest BCUT2D eigenvalue weighted by Crippen LogP contribution is -2.13. The maximum absolute atomic E-state index is 9.70. The van der Waals surface area contributed by atoms with Crippen LogP contribution in [0.15, 0.2) is 48.5 Å². The number of hydrogen-bond donors (Lipinski definition) is 3. The molecule has 0 heterocycles. The molecular formula is C14H15NO2. The van der Waals surface area contributed by atoms with Gasteiger partial charge in [-0.2, -0.15) is 0 Å². The first-order valence-corrected chi connectivity index (χ1v) is 5.48. The largest absolute Gasteiger partial charge is 0.508 e. The molecule has 0 aliphatic carbocycles. The molecule has 0 fully saturated rings.